The summed E-state index contributed by atoms with van der Waals surface area (Å²) in [5, 5.41) is 17.2. The van der Waals surface area contributed by atoms with Crippen LogP contribution in [-0.2, 0) is 18.6 Å². The molecule has 0 saturated heterocycles. The van der Waals surface area contributed by atoms with Crippen molar-refractivity contribution in [2.24, 2.45) is 4.99 Å². The van der Waals surface area contributed by atoms with E-state index in [1.807, 2.05) is 50.5 Å². The molecule has 3 aromatic rings. The molecule has 1 aromatic carbocycles. The predicted molar refractivity (Wildman–Crippen MR) is 118 cm³/mol. The number of imidazole rings is 1. The Balaban J connectivity index is 1.56. The van der Waals surface area contributed by atoms with E-state index < -0.39 is 5.60 Å². The SMILES string of the molecule is CCNC(=NCC(C)(O)c1ccc(C)o1)NCCc1nccn1Cc1ccccc1. The van der Waals surface area contributed by atoms with Crippen molar-refractivity contribution in [3.8, 4) is 0 Å². The molecular weight excluding hydrogens is 378 g/mol. The van der Waals surface area contributed by atoms with Crippen molar-refractivity contribution in [1.29, 1.82) is 0 Å². The second-order valence-electron chi connectivity index (χ2n) is 7.51. The number of nitrogens with zero attached hydrogens (tertiary/aromatic N) is 3. The first-order chi connectivity index (χ1) is 14.5. The summed E-state index contributed by atoms with van der Waals surface area (Å²) >= 11 is 0. The van der Waals surface area contributed by atoms with Gasteiger partial charge >= 0.3 is 0 Å². The molecule has 0 fully saturated rings. The Morgan fingerprint density at radius 2 is 2.00 bits per heavy atom. The summed E-state index contributed by atoms with van der Waals surface area (Å²) < 4.78 is 7.72. The second kappa shape index (κ2) is 10.1. The molecule has 0 bridgehead atoms. The molecule has 7 nitrogen and oxygen atoms in total. The van der Waals surface area contributed by atoms with Gasteiger partial charge in [0.25, 0.3) is 0 Å². The number of guanidine groups is 1. The molecule has 0 saturated carbocycles. The van der Waals surface area contributed by atoms with Crippen molar-refractivity contribution in [3.63, 3.8) is 0 Å². The van der Waals surface area contributed by atoms with E-state index in [1.54, 1.807) is 13.0 Å². The van der Waals surface area contributed by atoms with E-state index in [4.69, 9.17) is 4.42 Å². The number of aliphatic hydroxyl groups is 1. The molecule has 0 radical (unpaired) electrons. The first-order valence-corrected chi connectivity index (χ1v) is 10.3. The van der Waals surface area contributed by atoms with Gasteiger partial charge in [-0.3, -0.25) is 0 Å². The maximum absolute atomic E-state index is 10.7. The highest BCUT2D eigenvalue weighted by atomic mass is 16.4. The third-order valence-corrected chi connectivity index (χ3v) is 4.80. The fourth-order valence-electron chi connectivity index (χ4n) is 3.16. The molecule has 3 N–H and O–H groups in total. The monoisotopic (exact) mass is 409 g/mol. The molecule has 0 spiro atoms. The lowest BCUT2D eigenvalue weighted by molar-refractivity contribution is 0.0428. The molecule has 0 aliphatic rings. The van der Waals surface area contributed by atoms with E-state index in [0.29, 0.717) is 18.3 Å². The Morgan fingerprint density at radius 3 is 2.70 bits per heavy atom. The topological polar surface area (TPSA) is 87.6 Å². The Hall–Kier alpha value is -3.06. The van der Waals surface area contributed by atoms with Crippen LogP contribution in [0.3, 0.4) is 0 Å². The molecule has 1 unspecified atom stereocenters. The van der Waals surface area contributed by atoms with Crippen molar-refractivity contribution < 1.29 is 9.52 Å². The molecule has 30 heavy (non-hydrogen) atoms. The number of hydrogen-bond donors (Lipinski definition) is 3. The van der Waals surface area contributed by atoms with Gasteiger partial charge in [-0.05, 0) is 38.5 Å². The highest BCUT2D eigenvalue weighted by Gasteiger charge is 2.26. The first kappa shape index (κ1) is 21.6. The van der Waals surface area contributed by atoms with E-state index in [9.17, 15) is 5.11 Å². The highest BCUT2D eigenvalue weighted by molar-refractivity contribution is 5.79. The number of rotatable bonds is 9. The molecule has 1 atom stereocenters. The van der Waals surface area contributed by atoms with Gasteiger partial charge in [0, 0.05) is 38.4 Å². The number of aromatic nitrogens is 2. The molecular formula is C23H31N5O2. The molecule has 160 valence electrons. The maximum atomic E-state index is 10.7. The van der Waals surface area contributed by atoms with Gasteiger partial charge in [-0.15, -0.1) is 0 Å². The van der Waals surface area contributed by atoms with E-state index in [-0.39, 0.29) is 6.54 Å². The maximum Gasteiger partial charge on any atom is 0.191 e. The normalized spacial score (nSPS) is 13.8. The zero-order valence-corrected chi connectivity index (χ0v) is 17.9. The minimum absolute atomic E-state index is 0.192. The molecule has 0 amide bonds. The van der Waals surface area contributed by atoms with Gasteiger partial charge in [0.15, 0.2) is 5.96 Å². The van der Waals surface area contributed by atoms with Gasteiger partial charge < -0.3 is 24.7 Å². The van der Waals surface area contributed by atoms with E-state index in [2.05, 4.69) is 37.3 Å². The van der Waals surface area contributed by atoms with Crippen molar-refractivity contribution in [2.75, 3.05) is 19.6 Å². The zero-order chi connectivity index (χ0) is 21.4. The lowest BCUT2D eigenvalue weighted by atomic mass is 10.0. The van der Waals surface area contributed by atoms with Crippen LogP contribution in [0.2, 0.25) is 0 Å². The number of nitrogens with one attached hydrogen (secondary N) is 2. The highest BCUT2D eigenvalue weighted by Crippen LogP contribution is 2.23. The summed E-state index contributed by atoms with van der Waals surface area (Å²) in [7, 11) is 0. The lowest BCUT2D eigenvalue weighted by Crippen LogP contribution is -2.40. The quantitative estimate of drug-likeness (QED) is 0.374. The number of aliphatic imine (C=N–C) groups is 1. The molecule has 2 heterocycles. The average molecular weight is 410 g/mol. The van der Waals surface area contributed by atoms with Crippen LogP contribution in [-0.4, -0.2) is 40.3 Å². The van der Waals surface area contributed by atoms with Crippen LogP contribution in [0.5, 0.6) is 0 Å². The summed E-state index contributed by atoms with van der Waals surface area (Å²) in [6.07, 6.45) is 4.60. The minimum atomic E-state index is -1.16. The Labute approximate surface area is 177 Å². The van der Waals surface area contributed by atoms with Crippen molar-refractivity contribution >= 4 is 5.96 Å². The zero-order valence-electron chi connectivity index (χ0n) is 17.9. The third kappa shape index (κ3) is 5.97. The Morgan fingerprint density at radius 1 is 1.20 bits per heavy atom. The van der Waals surface area contributed by atoms with Crippen molar-refractivity contribution in [1.82, 2.24) is 20.2 Å². The fraction of sp³-hybridized carbons (Fsp3) is 0.391. The minimum Gasteiger partial charge on any atom is -0.463 e. The van der Waals surface area contributed by atoms with Gasteiger partial charge in [-0.1, -0.05) is 30.3 Å². The largest absolute Gasteiger partial charge is 0.463 e. The lowest BCUT2D eigenvalue weighted by Gasteiger charge is -2.19. The van der Waals surface area contributed by atoms with Crippen LogP contribution < -0.4 is 10.6 Å². The van der Waals surface area contributed by atoms with Crippen LogP contribution in [0.25, 0.3) is 0 Å². The summed E-state index contributed by atoms with van der Waals surface area (Å²) in [6.45, 7) is 7.98. The van der Waals surface area contributed by atoms with Crippen LogP contribution in [0.15, 0.2) is 64.3 Å². The predicted octanol–water partition coefficient (Wildman–Crippen LogP) is 2.84. The van der Waals surface area contributed by atoms with E-state index in [1.165, 1.54) is 5.56 Å². The first-order valence-electron chi connectivity index (χ1n) is 10.3. The molecule has 3 rings (SSSR count). The molecule has 2 aromatic heterocycles. The number of aryl methyl sites for hydroxylation is 1. The summed E-state index contributed by atoms with van der Waals surface area (Å²) in [6, 6.07) is 14.0. The van der Waals surface area contributed by atoms with Gasteiger partial charge in [-0.2, -0.15) is 0 Å². The van der Waals surface area contributed by atoms with Gasteiger partial charge in [0.1, 0.15) is 22.9 Å². The van der Waals surface area contributed by atoms with Crippen LogP contribution in [0, 0.1) is 6.92 Å². The van der Waals surface area contributed by atoms with Crippen molar-refractivity contribution in [2.45, 2.75) is 39.3 Å². The molecule has 0 aliphatic carbocycles. The summed E-state index contributed by atoms with van der Waals surface area (Å²) in [4.78, 5) is 9.03. The van der Waals surface area contributed by atoms with Crippen LogP contribution >= 0.6 is 0 Å². The van der Waals surface area contributed by atoms with Gasteiger partial charge in [0.2, 0.25) is 0 Å². The molecule has 0 aliphatic heterocycles. The number of benzene rings is 1. The average Bonchev–Trinajstić information content (AvgIpc) is 3.36. The Kier molecular flexibility index (Phi) is 7.30. The van der Waals surface area contributed by atoms with E-state index >= 15 is 0 Å². The second-order valence-corrected chi connectivity index (χ2v) is 7.51. The van der Waals surface area contributed by atoms with Gasteiger partial charge in [-0.25, -0.2) is 9.98 Å². The number of hydrogen-bond acceptors (Lipinski definition) is 4. The Bertz CT molecular complexity index is 943. The summed E-state index contributed by atoms with van der Waals surface area (Å²) in [5.41, 5.74) is 0.0812. The molecule has 7 heteroatoms. The van der Waals surface area contributed by atoms with Crippen LogP contribution in [0.1, 0.15) is 36.8 Å². The number of furan rings is 1. The van der Waals surface area contributed by atoms with Crippen LogP contribution in [0.4, 0.5) is 0 Å². The standard InChI is InChI=1S/C23H31N5O2/c1-4-24-22(27-17-23(3,29)20-11-10-18(2)30-20)26-13-12-21-25-14-15-28(21)16-19-8-6-5-7-9-19/h5-11,14-15,29H,4,12-13,16-17H2,1-3H3,(H2,24,26,27). The smallest absolute Gasteiger partial charge is 0.191 e. The van der Waals surface area contributed by atoms with Gasteiger partial charge in [0.05, 0.1) is 6.54 Å². The van der Waals surface area contributed by atoms with E-state index in [0.717, 1.165) is 31.1 Å². The van der Waals surface area contributed by atoms with Crippen molar-refractivity contribution in [3.05, 3.63) is 77.8 Å². The summed E-state index contributed by atoms with van der Waals surface area (Å²) in [5.74, 6) is 2.95. The third-order valence-electron chi connectivity index (χ3n) is 4.80. The fourth-order valence-corrected chi connectivity index (χ4v) is 3.16.